The Morgan fingerprint density at radius 3 is 2.28 bits per heavy atom. The van der Waals surface area contributed by atoms with Gasteiger partial charge in [-0.3, -0.25) is 0 Å². The summed E-state index contributed by atoms with van der Waals surface area (Å²) in [6.07, 6.45) is 2.69. The van der Waals surface area contributed by atoms with Crippen LogP contribution in [0.5, 0.6) is 0 Å². The van der Waals surface area contributed by atoms with Gasteiger partial charge >= 0.3 is 0 Å². The number of rotatable bonds is 1. The summed E-state index contributed by atoms with van der Waals surface area (Å²) in [6.45, 7) is 0. The Kier molecular flexibility index (Phi) is 3.17. The first-order valence-electron chi connectivity index (χ1n) is 5.69. The lowest BCUT2D eigenvalue weighted by atomic mass is 9.87. The number of nitriles is 2. The van der Waals surface area contributed by atoms with Gasteiger partial charge in [0.05, 0.1) is 0 Å². The van der Waals surface area contributed by atoms with Crippen LogP contribution in [0.25, 0.3) is 11.3 Å². The molecule has 0 spiro atoms. The van der Waals surface area contributed by atoms with Gasteiger partial charge in [0.1, 0.15) is 17.7 Å². The number of hydrogen-bond acceptors (Lipinski definition) is 3. The summed E-state index contributed by atoms with van der Waals surface area (Å²) in [5.41, 5.74) is 4.22. The molecule has 0 aliphatic heterocycles. The Balaban J connectivity index is 2.68. The second kappa shape index (κ2) is 4.77. The van der Waals surface area contributed by atoms with Crippen LogP contribution >= 0.6 is 0 Å². The van der Waals surface area contributed by atoms with Crippen LogP contribution in [0.2, 0.25) is 0 Å². The second-order valence-electron chi connectivity index (χ2n) is 4.31. The van der Waals surface area contributed by atoms with Crippen molar-refractivity contribution in [1.82, 2.24) is 4.90 Å². The van der Waals surface area contributed by atoms with Crippen molar-refractivity contribution in [3.63, 3.8) is 0 Å². The zero-order chi connectivity index (χ0) is 13.1. The van der Waals surface area contributed by atoms with Crippen LogP contribution in [0.15, 0.2) is 35.9 Å². The minimum absolute atomic E-state index is 0.205. The van der Waals surface area contributed by atoms with Gasteiger partial charge in [0.15, 0.2) is 0 Å². The van der Waals surface area contributed by atoms with Crippen molar-refractivity contribution < 1.29 is 0 Å². The van der Waals surface area contributed by atoms with Crippen LogP contribution < -0.4 is 0 Å². The molecule has 0 amide bonds. The van der Waals surface area contributed by atoms with Gasteiger partial charge in [0, 0.05) is 25.4 Å². The average Bonchev–Trinajstić information content (AvgIpc) is 2.39. The van der Waals surface area contributed by atoms with Gasteiger partial charge in [-0.1, -0.05) is 30.3 Å². The van der Waals surface area contributed by atoms with E-state index in [4.69, 9.17) is 10.5 Å². The summed E-state index contributed by atoms with van der Waals surface area (Å²) in [4.78, 5) is 2.05. The lowest BCUT2D eigenvalue weighted by Gasteiger charge is -2.25. The predicted molar refractivity (Wildman–Crippen MR) is 70.9 cm³/mol. The molecule has 1 aliphatic carbocycles. The van der Waals surface area contributed by atoms with Crippen LogP contribution in [0.4, 0.5) is 0 Å². The number of allylic oxidation sites excluding steroid dienone is 3. The Hall–Kier alpha value is -2.52. The molecule has 0 fully saturated rings. The molecule has 2 rings (SSSR count). The molecule has 0 bridgehead atoms. The smallest absolute Gasteiger partial charge is 0.133 e. The third-order valence-corrected chi connectivity index (χ3v) is 3.03. The summed E-state index contributed by atoms with van der Waals surface area (Å²) in [6, 6.07) is 11.9. The lowest BCUT2D eigenvalue weighted by Crippen LogP contribution is -2.14. The molecule has 0 heterocycles. The first-order valence-corrected chi connectivity index (χ1v) is 5.69. The van der Waals surface area contributed by atoms with E-state index < -0.39 is 0 Å². The van der Waals surface area contributed by atoms with E-state index in [0.717, 1.165) is 22.4 Å². The molecule has 0 aromatic heterocycles. The van der Waals surface area contributed by atoms with Crippen molar-refractivity contribution in [2.75, 3.05) is 14.1 Å². The molecule has 1 aromatic carbocycles. The predicted octanol–water partition coefficient (Wildman–Crippen LogP) is 2.79. The first kappa shape index (κ1) is 12.0. The summed E-state index contributed by atoms with van der Waals surface area (Å²) in [5, 5.41) is 18.0. The van der Waals surface area contributed by atoms with Gasteiger partial charge in [0.25, 0.3) is 0 Å². The lowest BCUT2D eigenvalue weighted by molar-refractivity contribution is 0.589. The topological polar surface area (TPSA) is 50.8 Å². The second-order valence-corrected chi connectivity index (χ2v) is 4.31. The van der Waals surface area contributed by atoms with E-state index in [1.54, 1.807) is 0 Å². The normalized spacial score (nSPS) is 12.9. The van der Waals surface area contributed by atoms with Gasteiger partial charge in [-0.05, 0) is 17.6 Å². The van der Waals surface area contributed by atoms with Gasteiger partial charge in [-0.15, -0.1) is 0 Å². The molecule has 3 nitrogen and oxygen atoms in total. The van der Waals surface area contributed by atoms with E-state index in [1.165, 1.54) is 0 Å². The molecule has 0 N–H and O–H groups in total. The average molecular weight is 235 g/mol. The Morgan fingerprint density at radius 1 is 1.11 bits per heavy atom. The van der Waals surface area contributed by atoms with Gasteiger partial charge in [-0.2, -0.15) is 10.5 Å². The molecule has 88 valence electrons. The monoisotopic (exact) mass is 235 g/mol. The summed E-state index contributed by atoms with van der Waals surface area (Å²) >= 11 is 0. The van der Waals surface area contributed by atoms with Crippen molar-refractivity contribution in [2.45, 2.75) is 6.42 Å². The standard InChI is InChI=1S/C15H13N3/c1-18(2)15-8-7-12(11(9-16)10-17)13-5-3-4-6-14(13)15/h3-6,8H,7H2,1-2H3. The van der Waals surface area contributed by atoms with Crippen molar-refractivity contribution in [3.05, 3.63) is 47.0 Å². The fourth-order valence-electron chi connectivity index (χ4n) is 2.21. The summed E-state index contributed by atoms with van der Waals surface area (Å²) < 4.78 is 0. The molecular weight excluding hydrogens is 222 g/mol. The van der Waals surface area contributed by atoms with Crippen molar-refractivity contribution in [2.24, 2.45) is 0 Å². The van der Waals surface area contributed by atoms with Crippen LogP contribution in [0.3, 0.4) is 0 Å². The number of benzene rings is 1. The number of hydrogen-bond donors (Lipinski definition) is 0. The minimum atomic E-state index is 0.205. The van der Waals surface area contributed by atoms with Crippen molar-refractivity contribution in [1.29, 1.82) is 10.5 Å². The fraction of sp³-hybridized carbons (Fsp3) is 0.200. The van der Waals surface area contributed by atoms with Gasteiger partial charge in [-0.25, -0.2) is 0 Å². The molecule has 0 radical (unpaired) electrons. The van der Waals surface area contributed by atoms with Gasteiger partial charge in [0.2, 0.25) is 0 Å². The molecule has 1 aromatic rings. The van der Waals surface area contributed by atoms with Crippen LogP contribution in [0.1, 0.15) is 17.5 Å². The maximum absolute atomic E-state index is 9.02. The SMILES string of the molecule is CN(C)C1=CCC(=C(C#N)C#N)c2ccccc21. The molecule has 0 unspecified atom stereocenters. The van der Waals surface area contributed by atoms with E-state index in [9.17, 15) is 0 Å². The van der Waals surface area contributed by atoms with Crippen molar-refractivity contribution >= 4 is 11.3 Å². The summed E-state index contributed by atoms with van der Waals surface area (Å²) in [5.74, 6) is 0. The third kappa shape index (κ3) is 1.87. The Bertz CT molecular complexity index is 606. The maximum atomic E-state index is 9.02. The molecule has 3 heteroatoms. The highest BCUT2D eigenvalue weighted by Crippen LogP contribution is 2.35. The fourth-order valence-corrected chi connectivity index (χ4v) is 2.21. The highest BCUT2D eigenvalue weighted by Gasteiger charge is 2.19. The first-order chi connectivity index (χ1) is 8.69. The molecule has 0 saturated heterocycles. The van der Waals surface area contributed by atoms with E-state index in [1.807, 2.05) is 55.4 Å². The molecule has 18 heavy (non-hydrogen) atoms. The quantitative estimate of drug-likeness (QED) is 0.703. The van der Waals surface area contributed by atoms with E-state index in [2.05, 4.69) is 6.08 Å². The highest BCUT2D eigenvalue weighted by atomic mass is 15.1. The van der Waals surface area contributed by atoms with Crippen LogP contribution in [-0.2, 0) is 0 Å². The molecule has 0 atom stereocenters. The number of nitrogens with zero attached hydrogens (tertiary/aromatic N) is 3. The van der Waals surface area contributed by atoms with Crippen molar-refractivity contribution in [3.8, 4) is 12.1 Å². The molecule has 0 saturated carbocycles. The van der Waals surface area contributed by atoms with E-state index in [0.29, 0.717) is 6.42 Å². The Labute approximate surface area is 107 Å². The molecular formula is C15H13N3. The van der Waals surface area contributed by atoms with E-state index >= 15 is 0 Å². The van der Waals surface area contributed by atoms with Crippen LogP contribution in [0, 0.1) is 22.7 Å². The van der Waals surface area contributed by atoms with E-state index in [-0.39, 0.29) is 5.57 Å². The number of fused-ring (bicyclic) bond motifs is 1. The molecule has 1 aliphatic rings. The van der Waals surface area contributed by atoms with Crippen LogP contribution in [-0.4, -0.2) is 19.0 Å². The zero-order valence-electron chi connectivity index (χ0n) is 10.4. The summed E-state index contributed by atoms with van der Waals surface area (Å²) in [7, 11) is 3.99. The third-order valence-electron chi connectivity index (χ3n) is 3.03. The highest BCUT2D eigenvalue weighted by molar-refractivity contribution is 5.87. The Morgan fingerprint density at radius 2 is 1.72 bits per heavy atom. The maximum Gasteiger partial charge on any atom is 0.133 e. The van der Waals surface area contributed by atoms with Gasteiger partial charge < -0.3 is 4.90 Å². The largest absolute Gasteiger partial charge is 0.377 e. The zero-order valence-corrected chi connectivity index (χ0v) is 10.4. The minimum Gasteiger partial charge on any atom is -0.377 e.